The average molecular weight is 561 g/mol. The van der Waals surface area contributed by atoms with Gasteiger partial charge in [0.15, 0.2) is 0 Å². The van der Waals surface area contributed by atoms with Crippen molar-refractivity contribution in [1.82, 2.24) is 14.6 Å². The SMILES string of the molecule is CN(C)c1ccc(C(NC(=O)C2SCCN2S(=O)(=O)c2ccc(-c3ccccc3)cc2)c2ccccc2)cn1.[HH]. The zero-order chi connectivity index (χ0) is 27.4. The molecule has 9 heteroatoms. The third kappa shape index (κ3) is 5.85. The number of nitrogens with zero attached hydrogens (tertiary/aromatic N) is 3. The molecule has 2 atom stereocenters. The normalized spacial score (nSPS) is 16.5. The van der Waals surface area contributed by atoms with Crippen LogP contribution in [-0.2, 0) is 14.8 Å². The average Bonchev–Trinajstić information content (AvgIpc) is 3.48. The van der Waals surface area contributed by atoms with Gasteiger partial charge in [0.25, 0.3) is 0 Å². The number of rotatable bonds is 8. The molecule has 0 saturated carbocycles. The first-order valence-corrected chi connectivity index (χ1v) is 15.1. The van der Waals surface area contributed by atoms with E-state index in [4.69, 9.17) is 0 Å². The van der Waals surface area contributed by atoms with Gasteiger partial charge in [-0.2, -0.15) is 4.31 Å². The van der Waals surface area contributed by atoms with Crippen molar-refractivity contribution in [1.29, 1.82) is 0 Å². The number of amides is 1. The molecule has 2 heterocycles. The van der Waals surface area contributed by atoms with Crippen molar-refractivity contribution in [2.45, 2.75) is 16.3 Å². The maximum atomic E-state index is 13.6. The second kappa shape index (κ2) is 11.6. The van der Waals surface area contributed by atoms with E-state index in [1.54, 1.807) is 30.5 Å². The van der Waals surface area contributed by atoms with Gasteiger partial charge in [-0.3, -0.25) is 4.79 Å². The highest BCUT2D eigenvalue weighted by Crippen LogP contribution is 2.32. The standard InChI is InChI=1S/C30H30N4O3S2.H2/c1-33(2)27-18-15-25(21-31-27)28(24-11-7-4-8-12-24)32-29(35)30-34(19-20-38-30)39(36,37)26-16-13-23(14-17-26)22-9-5-3-6-10-22;/h3-18,21,28,30H,19-20H2,1-2H3,(H,32,35);1H. The van der Waals surface area contributed by atoms with Crippen LogP contribution >= 0.6 is 11.8 Å². The maximum Gasteiger partial charge on any atom is 0.249 e. The van der Waals surface area contributed by atoms with E-state index in [1.807, 2.05) is 91.8 Å². The summed E-state index contributed by atoms with van der Waals surface area (Å²) in [4.78, 5) is 20.2. The largest absolute Gasteiger partial charge is 0.363 e. The van der Waals surface area contributed by atoms with Gasteiger partial charge in [0, 0.05) is 34.0 Å². The van der Waals surface area contributed by atoms with Gasteiger partial charge in [0.05, 0.1) is 10.9 Å². The maximum absolute atomic E-state index is 13.6. The monoisotopic (exact) mass is 560 g/mol. The van der Waals surface area contributed by atoms with Crippen LogP contribution in [0.2, 0.25) is 0 Å². The molecule has 1 aromatic heterocycles. The molecule has 2 unspecified atom stereocenters. The Bertz CT molecular complexity index is 1520. The number of hydrogen-bond donors (Lipinski definition) is 1. The molecule has 1 fully saturated rings. The molecule has 1 aliphatic heterocycles. The molecule has 1 N–H and O–H groups in total. The van der Waals surface area contributed by atoms with E-state index in [2.05, 4.69) is 10.3 Å². The summed E-state index contributed by atoms with van der Waals surface area (Å²) >= 11 is 1.33. The van der Waals surface area contributed by atoms with Crippen LogP contribution in [0.3, 0.4) is 0 Å². The molecule has 3 aromatic carbocycles. The minimum Gasteiger partial charge on any atom is -0.363 e. The van der Waals surface area contributed by atoms with E-state index in [0.29, 0.717) is 5.75 Å². The molecule has 0 radical (unpaired) electrons. The minimum atomic E-state index is -3.88. The fourth-order valence-electron chi connectivity index (χ4n) is 4.54. The highest BCUT2D eigenvalue weighted by Gasteiger charge is 2.41. The van der Waals surface area contributed by atoms with Crippen LogP contribution in [0.25, 0.3) is 11.1 Å². The fourth-order valence-corrected chi connectivity index (χ4v) is 7.63. The number of pyridine rings is 1. The Labute approximate surface area is 235 Å². The summed E-state index contributed by atoms with van der Waals surface area (Å²) < 4.78 is 28.6. The lowest BCUT2D eigenvalue weighted by Crippen LogP contribution is -2.45. The first kappa shape index (κ1) is 26.9. The summed E-state index contributed by atoms with van der Waals surface area (Å²) in [6, 6.07) is 29.6. The summed E-state index contributed by atoms with van der Waals surface area (Å²) in [6.45, 7) is 0.264. The second-order valence-corrected chi connectivity index (χ2v) is 12.5. The number of thioether (sulfide) groups is 1. The summed E-state index contributed by atoms with van der Waals surface area (Å²) in [5, 5.41) is 2.23. The Balaban J connectivity index is 0.00000370. The van der Waals surface area contributed by atoms with Gasteiger partial charge in [0.1, 0.15) is 11.2 Å². The van der Waals surface area contributed by atoms with Gasteiger partial charge in [0.2, 0.25) is 15.9 Å². The van der Waals surface area contributed by atoms with Crippen molar-refractivity contribution in [2.24, 2.45) is 0 Å². The van der Waals surface area contributed by atoms with Crippen LogP contribution in [-0.4, -0.2) is 55.4 Å². The summed E-state index contributed by atoms with van der Waals surface area (Å²) in [6.07, 6.45) is 1.75. The Morgan fingerprint density at radius 2 is 1.56 bits per heavy atom. The van der Waals surface area contributed by atoms with Gasteiger partial charge in [-0.25, -0.2) is 13.4 Å². The molecule has 202 valence electrons. The molecule has 39 heavy (non-hydrogen) atoms. The van der Waals surface area contributed by atoms with Gasteiger partial charge >= 0.3 is 0 Å². The highest BCUT2D eigenvalue weighted by atomic mass is 32.2. The lowest BCUT2D eigenvalue weighted by atomic mass is 10.00. The van der Waals surface area contributed by atoms with E-state index >= 15 is 0 Å². The summed E-state index contributed by atoms with van der Waals surface area (Å²) in [5.41, 5.74) is 3.64. The number of hydrogen-bond acceptors (Lipinski definition) is 6. The van der Waals surface area contributed by atoms with E-state index in [1.165, 1.54) is 16.1 Å². The lowest BCUT2D eigenvalue weighted by Gasteiger charge is -2.26. The van der Waals surface area contributed by atoms with Crippen molar-refractivity contribution in [2.75, 3.05) is 31.3 Å². The Morgan fingerprint density at radius 3 is 2.18 bits per heavy atom. The van der Waals surface area contributed by atoms with Crippen molar-refractivity contribution in [3.05, 3.63) is 114 Å². The number of benzene rings is 3. The van der Waals surface area contributed by atoms with Gasteiger partial charge in [-0.05, 0) is 40.5 Å². The number of carbonyl (C=O) groups is 1. The molecule has 5 rings (SSSR count). The molecule has 1 saturated heterocycles. The van der Waals surface area contributed by atoms with Gasteiger partial charge < -0.3 is 10.2 Å². The second-order valence-electron chi connectivity index (χ2n) is 9.43. The van der Waals surface area contributed by atoms with Crippen molar-refractivity contribution >= 4 is 33.5 Å². The number of carbonyl (C=O) groups excluding carboxylic acids is 1. The zero-order valence-corrected chi connectivity index (χ0v) is 23.4. The number of nitrogens with one attached hydrogen (secondary N) is 1. The highest BCUT2D eigenvalue weighted by molar-refractivity contribution is 8.02. The Hall–Kier alpha value is -3.66. The van der Waals surface area contributed by atoms with E-state index < -0.39 is 21.4 Å². The summed E-state index contributed by atoms with van der Waals surface area (Å²) in [7, 11) is -0.0449. The zero-order valence-electron chi connectivity index (χ0n) is 21.8. The predicted molar refractivity (Wildman–Crippen MR) is 159 cm³/mol. The van der Waals surface area contributed by atoms with Gasteiger partial charge in [-0.15, -0.1) is 11.8 Å². The molecule has 0 aliphatic carbocycles. The van der Waals surface area contributed by atoms with Crippen molar-refractivity contribution in [3.63, 3.8) is 0 Å². The first-order chi connectivity index (χ1) is 18.8. The molecular formula is C30H32N4O3S2. The molecule has 1 aliphatic rings. The molecular weight excluding hydrogens is 528 g/mol. The number of sulfonamides is 1. The van der Waals surface area contributed by atoms with Crippen LogP contribution in [0.15, 0.2) is 108 Å². The van der Waals surface area contributed by atoms with Crippen LogP contribution in [0.4, 0.5) is 5.82 Å². The molecule has 1 amide bonds. The Morgan fingerprint density at radius 1 is 0.923 bits per heavy atom. The third-order valence-electron chi connectivity index (χ3n) is 6.62. The number of anilines is 1. The van der Waals surface area contributed by atoms with E-state index in [9.17, 15) is 13.2 Å². The molecule has 0 bridgehead atoms. The van der Waals surface area contributed by atoms with Crippen LogP contribution < -0.4 is 10.2 Å². The third-order valence-corrected chi connectivity index (χ3v) is 9.84. The van der Waals surface area contributed by atoms with Crippen LogP contribution in [0.1, 0.15) is 18.6 Å². The number of aromatic nitrogens is 1. The first-order valence-electron chi connectivity index (χ1n) is 12.6. The fraction of sp³-hybridized carbons (Fsp3) is 0.200. The van der Waals surface area contributed by atoms with Crippen LogP contribution in [0, 0.1) is 0 Å². The molecule has 7 nitrogen and oxygen atoms in total. The minimum absolute atomic E-state index is 0. The smallest absolute Gasteiger partial charge is 0.249 e. The van der Waals surface area contributed by atoms with Crippen LogP contribution in [0.5, 0.6) is 0 Å². The topological polar surface area (TPSA) is 82.6 Å². The Kier molecular flexibility index (Phi) is 8.02. The predicted octanol–water partition coefficient (Wildman–Crippen LogP) is 5.03. The van der Waals surface area contributed by atoms with E-state index in [-0.39, 0.29) is 18.8 Å². The lowest BCUT2D eigenvalue weighted by molar-refractivity contribution is -0.122. The van der Waals surface area contributed by atoms with E-state index in [0.717, 1.165) is 28.1 Å². The van der Waals surface area contributed by atoms with Crippen molar-refractivity contribution in [3.8, 4) is 11.1 Å². The quantitative estimate of drug-likeness (QED) is 0.326. The summed E-state index contributed by atoms with van der Waals surface area (Å²) in [5.74, 6) is 0.987. The van der Waals surface area contributed by atoms with Gasteiger partial charge in [-0.1, -0.05) is 78.9 Å². The van der Waals surface area contributed by atoms with Crippen molar-refractivity contribution < 1.29 is 14.6 Å². The molecule has 4 aromatic rings. The molecule has 0 spiro atoms.